The summed E-state index contributed by atoms with van der Waals surface area (Å²) in [4.78, 5) is 35.3. The van der Waals surface area contributed by atoms with Crippen LogP contribution in [-0.4, -0.2) is 35.6 Å². The van der Waals surface area contributed by atoms with Gasteiger partial charge in [0.1, 0.15) is 12.0 Å². The molecule has 0 amide bonds. The molecule has 0 radical (unpaired) electrons. The highest BCUT2D eigenvalue weighted by Crippen LogP contribution is 2.21. The van der Waals surface area contributed by atoms with Crippen LogP contribution in [0.5, 0.6) is 0 Å². The number of nitrogens with one attached hydrogen (secondary N) is 1. The zero-order valence-corrected chi connectivity index (χ0v) is 11.4. The lowest BCUT2D eigenvalue weighted by Gasteiger charge is -2.02. The van der Waals surface area contributed by atoms with Crippen LogP contribution in [0.25, 0.3) is 5.78 Å². The predicted molar refractivity (Wildman–Crippen MR) is 74.4 cm³/mol. The van der Waals surface area contributed by atoms with Gasteiger partial charge in [-0.25, -0.2) is 19.7 Å². The largest absolute Gasteiger partial charge is 0.477 e. The number of carbonyl (C=O) groups is 1. The topological polar surface area (TPSA) is 113 Å². The number of rotatable bonds is 4. The number of fused-ring (bicyclic) bond motifs is 1. The Morgan fingerprint density at radius 2 is 2.24 bits per heavy atom. The lowest BCUT2D eigenvalue weighted by atomic mass is 10.3. The predicted octanol–water partition coefficient (Wildman–Crippen LogP) is 0.803. The van der Waals surface area contributed by atoms with Crippen molar-refractivity contribution >= 4 is 23.5 Å². The van der Waals surface area contributed by atoms with E-state index in [0.29, 0.717) is 17.2 Å². The van der Waals surface area contributed by atoms with Crippen LogP contribution in [0.4, 0.5) is 0 Å². The van der Waals surface area contributed by atoms with Crippen molar-refractivity contribution in [3.05, 3.63) is 52.5 Å². The lowest BCUT2D eigenvalue weighted by Crippen LogP contribution is -2.15. The van der Waals surface area contributed by atoms with Crippen molar-refractivity contribution in [1.82, 2.24) is 24.6 Å². The number of aromatic amines is 1. The second-order valence-corrected chi connectivity index (χ2v) is 5.13. The second kappa shape index (κ2) is 5.37. The molecule has 0 saturated heterocycles. The van der Waals surface area contributed by atoms with E-state index in [2.05, 4.69) is 20.1 Å². The third-order valence-electron chi connectivity index (χ3n) is 2.66. The molecule has 0 fully saturated rings. The van der Waals surface area contributed by atoms with Crippen molar-refractivity contribution in [1.29, 1.82) is 0 Å². The van der Waals surface area contributed by atoms with E-state index in [9.17, 15) is 9.59 Å². The highest BCUT2D eigenvalue weighted by Gasteiger charge is 2.07. The van der Waals surface area contributed by atoms with Gasteiger partial charge in [0.25, 0.3) is 11.3 Å². The van der Waals surface area contributed by atoms with Crippen molar-refractivity contribution in [2.24, 2.45) is 0 Å². The quantitative estimate of drug-likeness (QED) is 0.685. The van der Waals surface area contributed by atoms with Gasteiger partial charge in [-0.05, 0) is 12.1 Å². The summed E-state index contributed by atoms with van der Waals surface area (Å²) in [6.07, 6.45) is 2.83. The molecular formula is C12H9N5O3S. The summed E-state index contributed by atoms with van der Waals surface area (Å²) in [5, 5.41) is 11.5. The van der Waals surface area contributed by atoms with Crippen molar-refractivity contribution in [2.75, 3.05) is 0 Å². The van der Waals surface area contributed by atoms with Gasteiger partial charge in [-0.3, -0.25) is 9.89 Å². The smallest absolute Gasteiger partial charge is 0.354 e. The number of carboxylic acid groups (broad SMARTS) is 1. The minimum atomic E-state index is -1.08. The fraction of sp³-hybridized carbons (Fsp3) is 0.0833. The summed E-state index contributed by atoms with van der Waals surface area (Å²) in [7, 11) is 0. The molecule has 3 aromatic heterocycles. The fourth-order valence-corrected chi connectivity index (χ4v) is 2.53. The summed E-state index contributed by atoms with van der Waals surface area (Å²) < 4.78 is 1.24. The molecule has 106 valence electrons. The van der Waals surface area contributed by atoms with Gasteiger partial charge in [-0.15, -0.1) is 11.8 Å². The van der Waals surface area contributed by atoms with E-state index >= 15 is 0 Å². The number of pyridine rings is 1. The van der Waals surface area contributed by atoms with Gasteiger partial charge in [0.15, 0.2) is 0 Å². The summed E-state index contributed by atoms with van der Waals surface area (Å²) in [6, 6.07) is 4.60. The first-order chi connectivity index (χ1) is 10.1. The van der Waals surface area contributed by atoms with E-state index in [-0.39, 0.29) is 11.3 Å². The van der Waals surface area contributed by atoms with Crippen molar-refractivity contribution in [3.8, 4) is 0 Å². The number of H-pyrrole nitrogens is 1. The first kappa shape index (κ1) is 13.3. The molecule has 3 rings (SSSR count). The fourth-order valence-electron chi connectivity index (χ4n) is 1.72. The molecule has 8 nitrogen and oxygen atoms in total. The number of aromatic carboxylic acids is 1. The summed E-state index contributed by atoms with van der Waals surface area (Å²) in [5.41, 5.74) is 0.315. The number of nitrogens with zero attached hydrogens (tertiary/aromatic N) is 4. The van der Waals surface area contributed by atoms with E-state index in [0.717, 1.165) is 4.90 Å². The molecule has 3 heterocycles. The van der Waals surface area contributed by atoms with Crippen LogP contribution in [0.3, 0.4) is 0 Å². The van der Waals surface area contributed by atoms with E-state index < -0.39 is 5.97 Å². The highest BCUT2D eigenvalue weighted by atomic mass is 32.2. The Kier molecular flexibility index (Phi) is 3.40. The Bertz CT molecular complexity index is 872. The average molecular weight is 303 g/mol. The Morgan fingerprint density at radius 3 is 3.05 bits per heavy atom. The maximum absolute atomic E-state index is 11.8. The molecule has 0 aliphatic carbocycles. The Hall–Kier alpha value is -2.68. The zero-order chi connectivity index (χ0) is 14.8. The second-order valence-electron chi connectivity index (χ2n) is 4.08. The number of hydrogen-bond donors (Lipinski definition) is 2. The molecule has 9 heteroatoms. The van der Waals surface area contributed by atoms with E-state index in [1.54, 1.807) is 6.07 Å². The third-order valence-corrected chi connectivity index (χ3v) is 3.69. The van der Waals surface area contributed by atoms with Gasteiger partial charge in [-0.2, -0.15) is 4.52 Å². The van der Waals surface area contributed by atoms with Gasteiger partial charge in [0.2, 0.25) is 0 Å². The molecular weight excluding hydrogens is 294 g/mol. The number of hydrogen-bond acceptors (Lipinski definition) is 6. The molecule has 0 atom stereocenters. The third kappa shape index (κ3) is 2.77. The molecule has 3 aromatic rings. The van der Waals surface area contributed by atoms with Crippen molar-refractivity contribution < 1.29 is 9.90 Å². The first-order valence-corrected chi connectivity index (χ1v) is 6.86. The molecule has 0 bridgehead atoms. The van der Waals surface area contributed by atoms with E-state index in [1.807, 2.05) is 0 Å². The Balaban J connectivity index is 1.81. The van der Waals surface area contributed by atoms with Crippen LogP contribution in [-0.2, 0) is 5.75 Å². The maximum Gasteiger partial charge on any atom is 0.354 e. The molecule has 0 unspecified atom stereocenters. The maximum atomic E-state index is 11.8. The van der Waals surface area contributed by atoms with Crippen molar-refractivity contribution in [2.45, 2.75) is 10.6 Å². The minimum absolute atomic E-state index is 0.0178. The molecule has 0 aliphatic rings. The summed E-state index contributed by atoms with van der Waals surface area (Å²) in [6.45, 7) is 0. The normalized spacial score (nSPS) is 10.9. The SMILES string of the molecule is O=C(O)c1cc(SCc2cc(=O)n3[nH]cnc3n2)ccn1. The van der Waals surface area contributed by atoms with Gasteiger partial charge in [0, 0.05) is 22.9 Å². The average Bonchev–Trinajstić information content (AvgIpc) is 2.94. The van der Waals surface area contributed by atoms with Gasteiger partial charge >= 0.3 is 5.97 Å². The Morgan fingerprint density at radius 1 is 1.38 bits per heavy atom. The van der Waals surface area contributed by atoms with Gasteiger partial charge in [0.05, 0.1) is 5.69 Å². The molecule has 0 spiro atoms. The number of aromatic nitrogens is 5. The minimum Gasteiger partial charge on any atom is -0.477 e. The monoisotopic (exact) mass is 303 g/mol. The molecule has 2 N–H and O–H groups in total. The standard InChI is InChI=1S/C12H9N5O3S/c18-10-3-7(16-12-14-6-15-17(10)12)5-21-8-1-2-13-9(4-8)11(19)20/h1-4,6H,5H2,(H,19,20)(H,14,15,16). The summed E-state index contributed by atoms with van der Waals surface area (Å²) in [5.74, 6) is -0.340. The van der Waals surface area contributed by atoms with Gasteiger partial charge in [-0.1, -0.05) is 0 Å². The zero-order valence-electron chi connectivity index (χ0n) is 10.6. The highest BCUT2D eigenvalue weighted by molar-refractivity contribution is 7.98. The lowest BCUT2D eigenvalue weighted by molar-refractivity contribution is 0.0690. The Labute approximate surface area is 121 Å². The van der Waals surface area contributed by atoms with Gasteiger partial charge < -0.3 is 5.11 Å². The number of thioether (sulfide) groups is 1. The van der Waals surface area contributed by atoms with Crippen LogP contribution >= 0.6 is 11.8 Å². The van der Waals surface area contributed by atoms with Crippen LogP contribution in [0.15, 0.2) is 40.4 Å². The van der Waals surface area contributed by atoms with E-state index in [1.165, 1.54) is 40.9 Å². The first-order valence-electron chi connectivity index (χ1n) is 5.88. The molecule has 0 aromatic carbocycles. The van der Waals surface area contributed by atoms with Crippen LogP contribution in [0.2, 0.25) is 0 Å². The van der Waals surface area contributed by atoms with Crippen molar-refractivity contribution in [3.63, 3.8) is 0 Å². The summed E-state index contributed by atoms with van der Waals surface area (Å²) >= 11 is 1.37. The van der Waals surface area contributed by atoms with E-state index in [4.69, 9.17) is 5.11 Å². The molecule has 0 saturated carbocycles. The molecule has 21 heavy (non-hydrogen) atoms. The van der Waals surface area contributed by atoms with Crippen LogP contribution < -0.4 is 5.56 Å². The number of carboxylic acids is 1. The van der Waals surface area contributed by atoms with Crippen LogP contribution in [0.1, 0.15) is 16.2 Å². The van der Waals surface area contributed by atoms with Crippen LogP contribution in [0, 0.1) is 0 Å². The molecule has 0 aliphatic heterocycles.